The zero-order valence-electron chi connectivity index (χ0n) is 7.67. The number of hydrogen-bond donors (Lipinski definition) is 1. The van der Waals surface area contributed by atoms with Crippen LogP contribution in [0.3, 0.4) is 0 Å². The van der Waals surface area contributed by atoms with E-state index in [1.807, 2.05) is 0 Å². The molecule has 0 aromatic heterocycles. The summed E-state index contributed by atoms with van der Waals surface area (Å²) in [5, 5.41) is 8.78. The zero-order chi connectivity index (χ0) is 10.4. The van der Waals surface area contributed by atoms with Crippen LogP contribution < -0.4 is 4.74 Å². The molecule has 1 rings (SSSR count). The predicted octanol–water partition coefficient (Wildman–Crippen LogP) is 2.06. The summed E-state index contributed by atoms with van der Waals surface area (Å²) in [6, 6.07) is 3.96. The largest absolute Gasteiger partial charge is 0.493 e. The molecule has 0 heterocycles. The van der Waals surface area contributed by atoms with Gasteiger partial charge in [-0.15, -0.1) is 0 Å². The lowest BCUT2D eigenvalue weighted by Crippen LogP contribution is -1.99. The third kappa shape index (κ3) is 3.30. The van der Waals surface area contributed by atoms with Gasteiger partial charge in [0.15, 0.2) is 0 Å². The molecule has 0 unspecified atom stereocenters. The molecule has 2 nitrogen and oxygen atoms in total. The van der Waals surface area contributed by atoms with Crippen LogP contribution in [-0.2, 0) is 6.61 Å². The highest BCUT2D eigenvalue weighted by Crippen LogP contribution is 2.16. The Morgan fingerprint density at radius 2 is 2.07 bits per heavy atom. The van der Waals surface area contributed by atoms with Crippen molar-refractivity contribution in [2.24, 2.45) is 0 Å². The van der Waals surface area contributed by atoms with E-state index in [0.717, 1.165) is 0 Å². The highest BCUT2D eigenvalue weighted by atomic mass is 19.1. The fourth-order valence-electron chi connectivity index (χ4n) is 1.04. The molecule has 14 heavy (non-hydrogen) atoms. The van der Waals surface area contributed by atoms with Gasteiger partial charge in [-0.05, 0) is 17.7 Å². The summed E-state index contributed by atoms with van der Waals surface area (Å²) >= 11 is 0. The fraction of sp³-hybridized carbons (Fsp3) is 0.400. The van der Waals surface area contributed by atoms with Crippen LogP contribution in [0.25, 0.3) is 0 Å². The van der Waals surface area contributed by atoms with Crippen molar-refractivity contribution in [1.29, 1.82) is 0 Å². The number of aliphatic hydroxyl groups is 1. The van der Waals surface area contributed by atoms with Crippen LogP contribution in [0.4, 0.5) is 8.78 Å². The van der Waals surface area contributed by atoms with Gasteiger partial charge < -0.3 is 9.84 Å². The molecule has 1 aromatic carbocycles. The van der Waals surface area contributed by atoms with Gasteiger partial charge in [0, 0.05) is 12.5 Å². The van der Waals surface area contributed by atoms with Crippen LogP contribution in [0.2, 0.25) is 0 Å². The average Bonchev–Trinajstić information content (AvgIpc) is 2.17. The molecule has 0 fully saturated rings. The average molecular weight is 202 g/mol. The Balaban J connectivity index is 2.62. The van der Waals surface area contributed by atoms with Crippen LogP contribution in [0, 0.1) is 5.82 Å². The van der Waals surface area contributed by atoms with Crippen LogP contribution in [0.1, 0.15) is 12.0 Å². The van der Waals surface area contributed by atoms with E-state index >= 15 is 0 Å². The van der Waals surface area contributed by atoms with Crippen molar-refractivity contribution in [2.75, 3.05) is 13.3 Å². The summed E-state index contributed by atoms with van der Waals surface area (Å²) < 4.78 is 29.7. The van der Waals surface area contributed by atoms with Crippen molar-refractivity contribution in [3.05, 3.63) is 29.6 Å². The van der Waals surface area contributed by atoms with Gasteiger partial charge >= 0.3 is 0 Å². The molecule has 78 valence electrons. The smallest absolute Gasteiger partial charge is 0.127 e. The highest BCUT2D eigenvalue weighted by molar-refractivity contribution is 5.29. The second kappa shape index (κ2) is 5.54. The summed E-state index contributed by atoms with van der Waals surface area (Å²) in [5.74, 6) is -0.144. The van der Waals surface area contributed by atoms with Gasteiger partial charge in [0.05, 0.1) is 19.9 Å². The minimum absolute atomic E-state index is 0.213. The molecule has 0 aliphatic heterocycles. The topological polar surface area (TPSA) is 29.5 Å². The van der Waals surface area contributed by atoms with Gasteiger partial charge in [-0.25, -0.2) is 4.39 Å². The van der Waals surface area contributed by atoms with Gasteiger partial charge in [-0.3, -0.25) is 4.39 Å². The first-order valence-corrected chi connectivity index (χ1v) is 4.35. The Bertz CT molecular complexity index is 289. The molecule has 0 aliphatic carbocycles. The number of hydrogen-bond acceptors (Lipinski definition) is 2. The van der Waals surface area contributed by atoms with Gasteiger partial charge in [-0.2, -0.15) is 0 Å². The molecule has 0 amide bonds. The Labute approximate surface area is 81.1 Å². The third-order valence-electron chi connectivity index (χ3n) is 1.66. The monoisotopic (exact) mass is 202 g/mol. The minimum Gasteiger partial charge on any atom is -0.493 e. The van der Waals surface area contributed by atoms with E-state index < -0.39 is 12.5 Å². The van der Waals surface area contributed by atoms with Crippen molar-refractivity contribution in [2.45, 2.75) is 13.0 Å². The SMILES string of the molecule is OCc1cc(F)cc(OCCCF)c1. The fourth-order valence-corrected chi connectivity index (χ4v) is 1.04. The van der Waals surface area contributed by atoms with E-state index in [9.17, 15) is 8.78 Å². The van der Waals surface area contributed by atoms with Crippen molar-refractivity contribution >= 4 is 0 Å². The second-order valence-electron chi connectivity index (χ2n) is 2.84. The van der Waals surface area contributed by atoms with E-state index in [4.69, 9.17) is 9.84 Å². The first-order chi connectivity index (χ1) is 6.76. The Hall–Kier alpha value is -1.16. The summed E-state index contributed by atoms with van der Waals surface area (Å²) in [5.41, 5.74) is 0.445. The Morgan fingerprint density at radius 1 is 1.29 bits per heavy atom. The molecule has 4 heteroatoms. The van der Waals surface area contributed by atoms with Gasteiger partial charge in [-0.1, -0.05) is 0 Å². The molecule has 0 aliphatic rings. The van der Waals surface area contributed by atoms with Crippen LogP contribution in [0.15, 0.2) is 18.2 Å². The normalized spacial score (nSPS) is 10.2. The molecular weight excluding hydrogens is 190 g/mol. The van der Waals surface area contributed by atoms with Gasteiger partial charge in [0.1, 0.15) is 11.6 Å². The lowest BCUT2D eigenvalue weighted by atomic mass is 10.2. The van der Waals surface area contributed by atoms with Crippen molar-refractivity contribution in [3.8, 4) is 5.75 Å². The minimum atomic E-state index is -0.466. The molecule has 0 bridgehead atoms. The van der Waals surface area contributed by atoms with Crippen molar-refractivity contribution in [3.63, 3.8) is 0 Å². The third-order valence-corrected chi connectivity index (χ3v) is 1.66. The molecule has 0 radical (unpaired) electrons. The molecular formula is C10H12F2O2. The first kappa shape index (κ1) is 10.9. The maximum absolute atomic E-state index is 12.9. The van der Waals surface area contributed by atoms with Crippen LogP contribution in [-0.4, -0.2) is 18.4 Å². The highest BCUT2D eigenvalue weighted by Gasteiger charge is 2.00. The zero-order valence-corrected chi connectivity index (χ0v) is 7.67. The second-order valence-corrected chi connectivity index (χ2v) is 2.84. The Morgan fingerprint density at radius 3 is 2.71 bits per heavy atom. The molecule has 0 atom stereocenters. The number of ether oxygens (including phenoxy) is 1. The summed E-state index contributed by atoms with van der Waals surface area (Å²) in [6.45, 7) is -0.482. The Kier molecular flexibility index (Phi) is 4.32. The van der Waals surface area contributed by atoms with Crippen LogP contribution in [0.5, 0.6) is 5.75 Å². The van der Waals surface area contributed by atoms with Crippen LogP contribution >= 0.6 is 0 Å². The summed E-state index contributed by atoms with van der Waals surface area (Å²) in [7, 11) is 0. The maximum Gasteiger partial charge on any atom is 0.127 e. The number of benzene rings is 1. The van der Waals surface area contributed by atoms with Crippen molar-refractivity contribution < 1.29 is 18.6 Å². The molecule has 1 N–H and O–H groups in total. The van der Waals surface area contributed by atoms with Crippen molar-refractivity contribution in [1.82, 2.24) is 0 Å². The molecule has 0 saturated carbocycles. The first-order valence-electron chi connectivity index (χ1n) is 4.35. The maximum atomic E-state index is 12.9. The van der Waals surface area contributed by atoms with E-state index in [0.29, 0.717) is 11.3 Å². The number of halogens is 2. The molecule has 0 saturated heterocycles. The molecule has 1 aromatic rings. The number of alkyl halides is 1. The van der Waals surface area contributed by atoms with E-state index in [-0.39, 0.29) is 19.6 Å². The summed E-state index contributed by atoms with van der Waals surface area (Å²) in [4.78, 5) is 0. The number of rotatable bonds is 5. The van der Waals surface area contributed by atoms with Gasteiger partial charge in [0.2, 0.25) is 0 Å². The van der Waals surface area contributed by atoms with E-state index in [2.05, 4.69) is 0 Å². The van der Waals surface area contributed by atoms with E-state index in [1.165, 1.54) is 18.2 Å². The molecule has 0 spiro atoms. The summed E-state index contributed by atoms with van der Waals surface area (Å²) in [6.07, 6.45) is 0.283. The predicted molar refractivity (Wildman–Crippen MR) is 48.4 cm³/mol. The van der Waals surface area contributed by atoms with E-state index in [1.54, 1.807) is 0 Å². The lowest BCUT2D eigenvalue weighted by Gasteiger charge is -2.06. The van der Waals surface area contributed by atoms with Gasteiger partial charge in [0.25, 0.3) is 0 Å². The quantitative estimate of drug-likeness (QED) is 0.740. The lowest BCUT2D eigenvalue weighted by molar-refractivity contribution is 0.274. The standard InChI is InChI=1S/C10H12F2O2/c11-2-1-3-14-10-5-8(7-13)4-9(12)6-10/h4-6,13H,1-3,7H2. The number of aliphatic hydroxyl groups excluding tert-OH is 1.